The Hall–Kier alpha value is -6.80. The minimum atomic E-state index is -1.22. The summed E-state index contributed by atoms with van der Waals surface area (Å²) in [5.41, 5.74) is 10.8. The molecule has 10 heteroatoms. The van der Waals surface area contributed by atoms with E-state index in [1.165, 1.54) is 90.3 Å². The predicted molar refractivity (Wildman–Crippen MR) is 330 cm³/mol. The normalized spacial score (nSPS) is 12.7. The zero-order chi connectivity index (χ0) is 55.3. The predicted octanol–water partition coefficient (Wildman–Crippen LogP) is 20.0. The molecule has 9 rings (SSSR count). The number of carbonyl (C=O) groups is 1. The minimum Gasteiger partial charge on any atom is -0.493 e. The largest absolute Gasteiger partial charge is 0.493 e. The molecule has 0 aliphatic heterocycles. The SMILES string of the molecule is CCCCCCOc1ccc(-c2ccc3c(c2)c2cc(-c4ccc(OCCCCCC)cc4OCCCCCC)ccc2n3-c2ccc3c(c2)C(C)(C)c2cc(-c4ccc(/C=C(\C#N)C(=O)O)s4)sc2-3)c(OCCCCCC)c1. The first kappa shape index (κ1) is 56.9. The van der Waals surface area contributed by atoms with Crippen LogP contribution in [0.2, 0.25) is 0 Å². The van der Waals surface area contributed by atoms with Gasteiger partial charge in [0.2, 0.25) is 0 Å². The number of unbranched alkanes of at least 4 members (excludes halogenated alkanes) is 12. The molecule has 1 aliphatic rings. The first-order chi connectivity index (χ1) is 38.6. The highest BCUT2D eigenvalue weighted by molar-refractivity contribution is 7.24. The molecule has 0 unspecified atom stereocenters. The van der Waals surface area contributed by atoms with Gasteiger partial charge < -0.3 is 28.6 Å². The maximum Gasteiger partial charge on any atom is 0.346 e. The van der Waals surface area contributed by atoms with Crippen LogP contribution in [0.25, 0.3) is 76.0 Å². The monoisotopic (exact) mass is 1090 g/mol. The van der Waals surface area contributed by atoms with Gasteiger partial charge in [-0.05, 0) is 138 Å². The lowest BCUT2D eigenvalue weighted by Gasteiger charge is -2.22. The van der Waals surface area contributed by atoms with Gasteiger partial charge in [-0.3, -0.25) is 0 Å². The van der Waals surface area contributed by atoms with E-state index in [-0.39, 0.29) is 11.0 Å². The summed E-state index contributed by atoms with van der Waals surface area (Å²) < 4.78 is 28.5. The fourth-order valence-corrected chi connectivity index (χ4v) is 13.3. The molecule has 412 valence electrons. The maximum absolute atomic E-state index is 11.6. The number of rotatable bonds is 30. The molecule has 0 fully saturated rings. The molecule has 8 nitrogen and oxygen atoms in total. The zero-order valence-corrected chi connectivity index (χ0v) is 48.9. The van der Waals surface area contributed by atoms with Crippen LogP contribution in [-0.4, -0.2) is 42.1 Å². The summed E-state index contributed by atoms with van der Waals surface area (Å²) in [5, 5.41) is 21.1. The van der Waals surface area contributed by atoms with E-state index >= 15 is 0 Å². The van der Waals surface area contributed by atoms with Crippen LogP contribution < -0.4 is 18.9 Å². The second-order valence-corrected chi connectivity index (χ2v) is 23.8. The van der Waals surface area contributed by atoms with E-state index in [1.807, 2.05) is 12.1 Å². The van der Waals surface area contributed by atoms with Gasteiger partial charge in [-0.1, -0.05) is 137 Å². The number of nitriles is 1. The highest BCUT2D eigenvalue weighted by Crippen LogP contribution is 2.55. The average molecular weight is 1100 g/mol. The van der Waals surface area contributed by atoms with Gasteiger partial charge >= 0.3 is 5.97 Å². The van der Waals surface area contributed by atoms with Crippen LogP contribution in [0.3, 0.4) is 0 Å². The number of hydrogen-bond donors (Lipinski definition) is 1. The Balaban J connectivity index is 1.14. The van der Waals surface area contributed by atoms with Gasteiger partial charge in [0.05, 0.1) is 37.5 Å². The topological polar surface area (TPSA) is 103 Å². The fraction of sp³-hybridized carbons (Fsp3) is 0.391. The summed E-state index contributed by atoms with van der Waals surface area (Å²) in [6.45, 7) is 16.3. The molecule has 1 N–H and O–H groups in total. The van der Waals surface area contributed by atoms with Crippen LogP contribution in [0.1, 0.15) is 160 Å². The Morgan fingerprint density at radius 3 is 1.54 bits per heavy atom. The van der Waals surface area contributed by atoms with Gasteiger partial charge in [0.15, 0.2) is 0 Å². The molecule has 3 aromatic heterocycles. The molecule has 3 heterocycles. The third-order valence-corrected chi connectivity index (χ3v) is 17.8. The van der Waals surface area contributed by atoms with Gasteiger partial charge in [-0.2, -0.15) is 5.26 Å². The molecular formula is C69H78N2O6S2. The maximum atomic E-state index is 11.6. The van der Waals surface area contributed by atoms with Crippen LogP contribution >= 0.6 is 22.7 Å². The number of aliphatic carboxylic acids is 1. The third kappa shape index (κ3) is 13.1. The molecule has 0 saturated heterocycles. The first-order valence-corrected chi connectivity index (χ1v) is 30.8. The van der Waals surface area contributed by atoms with E-state index in [4.69, 9.17) is 18.9 Å². The van der Waals surface area contributed by atoms with Crippen molar-refractivity contribution in [3.05, 3.63) is 131 Å². The van der Waals surface area contributed by atoms with E-state index in [9.17, 15) is 15.2 Å². The average Bonchev–Trinajstić information content (AvgIpc) is 4.45. The number of carboxylic acid groups (broad SMARTS) is 1. The number of carboxylic acids is 1. The molecule has 0 amide bonds. The molecule has 0 bridgehead atoms. The van der Waals surface area contributed by atoms with Gasteiger partial charge in [0.25, 0.3) is 0 Å². The minimum absolute atomic E-state index is 0.274. The highest BCUT2D eigenvalue weighted by atomic mass is 32.1. The number of nitrogens with zero attached hydrogens (tertiary/aromatic N) is 2. The lowest BCUT2D eigenvalue weighted by molar-refractivity contribution is -0.132. The Morgan fingerprint density at radius 1 is 0.544 bits per heavy atom. The molecule has 0 spiro atoms. The lowest BCUT2D eigenvalue weighted by atomic mass is 9.82. The van der Waals surface area contributed by atoms with Crippen molar-refractivity contribution < 1.29 is 28.8 Å². The second-order valence-electron chi connectivity index (χ2n) is 21.6. The van der Waals surface area contributed by atoms with Crippen molar-refractivity contribution in [1.29, 1.82) is 5.26 Å². The summed E-state index contributed by atoms with van der Waals surface area (Å²) in [5.74, 6) is 2.15. The number of thiophene rings is 2. The summed E-state index contributed by atoms with van der Waals surface area (Å²) in [6.07, 6.45) is 19.7. The summed E-state index contributed by atoms with van der Waals surface area (Å²) in [7, 11) is 0. The summed E-state index contributed by atoms with van der Waals surface area (Å²) in [6, 6.07) is 41.5. The molecule has 79 heavy (non-hydrogen) atoms. The summed E-state index contributed by atoms with van der Waals surface area (Å²) >= 11 is 3.27. The van der Waals surface area contributed by atoms with Crippen molar-refractivity contribution in [2.24, 2.45) is 0 Å². The fourth-order valence-electron chi connectivity index (χ4n) is 11.0. The van der Waals surface area contributed by atoms with Gasteiger partial charge in [-0.25, -0.2) is 4.79 Å². The second kappa shape index (κ2) is 26.9. The van der Waals surface area contributed by atoms with Crippen molar-refractivity contribution in [3.63, 3.8) is 0 Å². The number of benzene rings is 5. The van der Waals surface area contributed by atoms with Crippen LogP contribution in [0.4, 0.5) is 0 Å². The zero-order valence-electron chi connectivity index (χ0n) is 47.3. The van der Waals surface area contributed by atoms with E-state index in [2.05, 4.69) is 143 Å². The van der Waals surface area contributed by atoms with E-state index in [0.717, 1.165) is 139 Å². The van der Waals surface area contributed by atoms with Crippen LogP contribution in [-0.2, 0) is 10.2 Å². The highest BCUT2D eigenvalue weighted by Gasteiger charge is 2.38. The van der Waals surface area contributed by atoms with E-state index in [1.54, 1.807) is 17.4 Å². The molecule has 0 radical (unpaired) electrons. The van der Waals surface area contributed by atoms with Crippen molar-refractivity contribution in [2.45, 2.75) is 150 Å². The molecule has 1 aliphatic carbocycles. The van der Waals surface area contributed by atoms with Crippen molar-refractivity contribution >= 4 is 56.5 Å². The number of fused-ring (bicyclic) bond motifs is 6. The number of hydrogen-bond acceptors (Lipinski definition) is 8. The Kier molecular flexibility index (Phi) is 19.4. The van der Waals surface area contributed by atoms with Crippen molar-refractivity contribution in [1.82, 2.24) is 4.57 Å². The Labute approximate surface area is 476 Å². The number of aromatic nitrogens is 1. The van der Waals surface area contributed by atoms with E-state index < -0.39 is 5.97 Å². The summed E-state index contributed by atoms with van der Waals surface area (Å²) in [4.78, 5) is 15.8. The molecule has 0 saturated carbocycles. The van der Waals surface area contributed by atoms with Crippen LogP contribution in [0, 0.1) is 11.3 Å². The Morgan fingerprint density at radius 2 is 1.05 bits per heavy atom. The standard InChI is InChI=1S/C69H78N2O6S2/c1-7-11-15-19-35-74-51-26-30-54(63(43-51)76-37-21-17-13-9-3)47-23-32-61-57(40-47)58-41-48(55-31-27-52(75-36-20-16-12-8-2)44-64(55)77-38-22-18-14-10-4)24-33-62(58)71(61)50-25-29-56-59(42-50)69(5,6)60-45-66(79-67(56)60)65-34-28-53(78-65)39-49(46-70)68(72)73/h23-34,39-45H,7-22,35-38H2,1-6H3,(H,72,73)/b49-39+. The van der Waals surface area contributed by atoms with Crippen molar-refractivity contribution in [3.8, 4) is 77.2 Å². The smallest absolute Gasteiger partial charge is 0.346 e. The number of ether oxygens (including phenoxy) is 4. The van der Waals surface area contributed by atoms with Gasteiger partial charge in [0.1, 0.15) is 34.6 Å². The third-order valence-electron chi connectivity index (χ3n) is 15.4. The molecule has 8 aromatic rings. The quantitative estimate of drug-likeness (QED) is 0.0272. The Bertz CT molecular complexity index is 3320. The van der Waals surface area contributed by atoms with Crippen LogP contribution in [0.5, 0.6) is 23.0 Å². The van der Waals surface area contributed by atoms with Gasteiger partial charge in [0, 0.05) is 64.6 Å². The van der Waals surface area contributed by atoms with E-state index in [0.29, 0.717) is 26.4 Å². The lowest BCUT2D eigenvalue weighted by Crippen LogP contribution is -2.15. The molecular weight excluding hydrogens is 1020 g/mol. The molecule has 5 aromatic carbocycles. The van der Waals surface area contributed by atoms with Crippen LogP contribution in [0.15, 0.2) is 115 Å². The van der Waals surface area contributed by atoms with Gasteiger partial charge in [-0.15, -0.1) is 22.7 Å². The van der Waals surface area contributed by atoms with Crippen molar-refractivity contribution in [2.75, 3.05) is 26.4 Å². The first-order valence-electron chi connectivity index (χ1n) is 29.2. The molecule has 0 atom stereocenters.